The van der Waals surface area contributed by atoms with Crippen LogP contribution in [-0.2, 0) is 13.1 Å². The van der Waals surface area contributed by atoms with Crippen molar-refractivity contribution in [2.75, 3.05) is 29.5 Å². The molecular weight excluding hydrogens is 240 g/mol. The second-order valence-electron chi connectivity index (χ2n) is 4.03. The summed E-state index contributed by atoms with van der Waals surface area (Å²) in [6.45, 7) is 3.97. The quantitative estimate of drug-likeness (QED) is 0.740. The Bertz CT molecular complexity index is 451. The summed E-state index contributed by atoms with van der Waals surface area (Å²) in [6, 6.07) is 0. The molecule has 1 aromatic heterocycles. The number of hydrogen-bond acceptors (Lipinski definition) is 5. The molecule has 1 fully saturated rings. The van der Waals surface area contributed by atoms with E-state index in [1.807, 2.05) is 11.8 Å². The third-order valence-corrected chi connectivity index (χ3v) is 4.15. The Morgan fingerprint density at radius 1 is 1.25 bits per heavy atom. The molecule has 0 unspecified atom stereocenters. The Morgan fingerprint density at radius 3 is 2.88 bits per heavy atom. The highest BCUT2D eigenvalue weighted by molar-refractivity contribution is 7.99. The summed E-state index contributed by atoms with van der Waals surface area (Å²) in [4.78, 5) is 10.0. The molecule has 6 heteroatoms. The van der Waals surface area contributed by atoms with Crippen LogP contribution in [0.4, 0.5) is 5.82 Å². The first-order valence-corrected chi connectivity index (χ1v) is 7.06. The lowest BCUT2D eigenvalue weighted by molar-refractivity contribution is 0.754. The van der Waals surface area contributed by atoms with E-state index in [4.69, 9.17) is 12.2 Å². The number of H-pyrrole nitrogens is 1. The second-order valence-corrected chi connectivity index (χ2v) is 5.64. The molecule has 0 atom stereocenters. The van der Waals surface area contributed by atoms with Crippen molar-refractivity contribution in [3.8, 4) is 0 Å². The Morgan fingerprint density at radius 2 is 2.06 bits per heavy atom. The van der Waals surface area contributed by atoms with Crippen LogP contribution in [0.3, 0.4) is 0 Å². The maximum Gasteiger partial charge on any atom is 0.199 e. The first kappa shape index (κ1) is 10.6. The number of nitrogens with one attached hydrogen (secondary N) is 2. The van der Waals surface area contributed by atoms with E-state index in [1.165, 1.54) is 22.8 Å². The average molecular weight is 254 g/mol. The molecule has 0 bridgehead atoms. The van der Waals surface area contributed by atoms with Crippen LogP contribution in [0.2, 0.25) is 0 Å². The average Bonchev–Trinajstić information content (AvgIpc) is 2.77. The fourth-order valence-electron chi connectivity index (χ4n) is 2.22. The van der Waals surface area contributed by atoms with Gasteiger partial charge in [0.05, 0.1) is 0 Å². The van der Waals surface area contributed by atoms with E-state index in [2.05, 4.69) is 20.2 Å². The molecule has 0 amide bonds. The van der Waals surface area contributed by atoms with Crippen molar-refractivity contribution in [1.82, 2.24) is 15.3 Å². The summed E-state index contributed by atoms with van der Waals surface area (Å²) in [5.41, 5.74) is 2.52. The van der Waals surface area contributed by atoms with Crippen molar-refractivity contribution in [1.29, 1.82) is 0 Å². The molecule has 3 heterocycles. The summed E-state index contributed by atoms with van der Waals surface area (Å²) < 4.78 is 0.607. The molecule has 2 aliphatic heterocycles. The highest BCUT2D eigenvalue weighted by atomic mass is 32.2. The minimum Gasteiger partial charge on any atom is -0.355 e. The SMILES string of the molecule is S=c1nc(N2CCSCC2)c2c([nH]1)CNC2. The number of rotatable bonds is 1. The van der Waals surface area contributed by atoms with Gasteiger partial charge in [0.15, 0.2) is 4.77 Å². The second kappa shape index (κ2) is 4.35. The molecular formula is C10H14N4S2. The number of fused-ring (bicyclic) bond motifs is 1. The number of aromatic amines is 1. The lowest BCUT2D eigenvalue weighted by Gasteiger charge is -2.28. The zero-order valence-electron chi connectivity index (χ0n) is 8.95. The molecule has 0 aromatic carbocycles. The summed E-state index contributed by atoms with van der Waals surface area (Å²) in [5.74, 6) is 3.48. The summed E-state index contributed by atoms with van der Waals surface area (Å²) in [5, 5.41) is 3.34. The highest BCUT2D eigenvalue weighted by Crippen LogP contribution is 2.25. The van der Waals surface area contributed by atoms with E-state index in [0.29, 0.717) is 4.77 Å². The van der Waals surface area contributed by atoms with Crippen molar-refractivity contribution in [3.63, 3.8) is 0 Å². The molecule has 3 rings (SSSR count). The molecule has 2 N–H and O–H groups in total. The normalized spacial score (nSPS) is 19.9. The maximum atomic E-state index is 5.18. The van der Waals surface area contributed by atoms with Crippen LogP contribution >= 0.6 is 24.0 Å². The van der Waals surface area contributed by atoms with Gasteiger partial charge in [-0.2, -0.15) is 11.8 Å². The molecule has 1 saturated heterocycles. The largest absolute Gasteiger partial charge is 0.355 e. The molecule has 0 aliphatic carbocycles. The smallest absolute Gasteiger partial charge is 0.199 e. The van der Waals surface area contributed by atoms with Crippen molar-refractivity contribution in [2.45, 2.75) is 13.1 Å². The maximum absolute atomic E-state index is 5.18. The van der Waals surface area contributed by atoms with Crippen molar-refractivity contribution in [3.05, 3.63) is 16.0 Å². The van der Waals surface area contributed by atoms with E-state index in [-0.39, 0.29) is 0 Å². The Hall–Kier alpha value is -0.590. The van der Waals surface area contributed by atoms with Crippen LogP contribution in [0.5, 0.6) is 0 Å². The number of nitrogens with zero attached hydrogens (tertiary/aromatic N) is 2. The summed E-state index contributed by atoms with van der Waals surface area (Å²) >= 11 is 7.20. The van der Waals surface area contributed by atoms with E-state index >= 15 is 0 Å². The molecule has 1 aromatic rings. The van der Waals surface area contributed by atoms with Gasteiger partial charge in [0.25, 0.3) is 0 Å². The van der Waals surface area contributed by atoms with E-state index < -0.39 is 0 Å². The fourth-order valence-corrected chi connectivity index (χ4v) is 3.33. The zero-order chi connectivity index (χ0) is 11.0. The predicted molar refractivity (Wildman–Crippen MR) is 69.5 cm³/mol. The van der Waals surface area contributed by atoms with Gasteiger partial charge < -0.3 is 15.2 Å². The number of hydrogen-bond donors (Lipinski definition) is 2. The monoisotopic (exact) mass is 254 g/mol. The topological polar surface area (TPSA) is 44.0 Å². The van der Waals surface area contributed by atoms with Gasteiger partial charge >= 0.3 is 0 Å². The van der Waals surface area contributed by atoms with Gasteiger partial charge in [-0.3, -0.25) is 0 Å². The van der Waals surface area contributed by atoms with Gasteiger partial charge in [0.1, 0.15) is 5.82 Å². The van der Waals surface area contributed by atoms with Gasteiger partial charge in [-0.25, -0.2) is 4.98 Å². The molecule has 16 heavy (non-hydrogen) atoms. The lowest BCUT2D eigenvalue weighted by Crippen LogP contribution is -2.34. The Labute approximate surface area is 104 Å². The van der Waals surface area contributed by atoms with Gasteiger partial charge in [0, 0.05) is 48.9 Å². The molecule has 0 saturated carbocycles. The highest BCUT2D eigenvalue weighted by Gasteiger charge is 2.21. The van der Waals surface area contributed by atoms with E-state index in [9.17, 15) is 0 Å². The van der Waals surface area contributed by atoms with Crippen molar-refractivity contribution < 1.29 is 0 Å². The summed E-state index contributed by atoms with van der Waals surface area (Å²) in [6.07, 6.45) is 0. The molecule has 0 spiro atoms. The number of aromatic nitrogens is 2. The van der Waals surface area contributed by atoms with E-state index in [0.717, 1.165) is 32.0 Å². The van der Waals surface area contributed by atoms with Crippen LogP contribution in [0.15, 0.2) is 0 Å². The third-order valence-electron chi connectivity index (χ3n) is 3.01. The lowest BCUT2D eigenvalue weighted by atomic mass is 10.2. The minimum absolute atomic E-state index is 0.607. The molecule has 0 radical (unpaired) electrons. The van der Waals surface area contributed by atoms with Crippen LogP contribution in [-0.4, -0.2) is 34.6 Å². The Balaban J connectivity index is 2.02. The van der Waals surface area contributed by atoms with Crippen LogP contribution in [0, 0.1) is 4.77 Å². The molecule has 86 valence electrons. The number of thioether (sulfide) groups is 1. The van der Waals surface area contributed by atoms with Crippen LogP contribution in [0.25, 0.3) is 0 Å². The van der Waals surface area contributed by atoms with Crippen LogP contribution in [0.1, 0.15) is 11.3 Å². The predicted octanol–water partition coefficient (Wildman–Crippen LogP) is 1.30. The number of anilines is 1. The van der Waals surface area contributed by atoms with Gasteiger partial charge in [-0.15, -0.1) is 0 Å². The molecule has 4 nitrogen and oxygen atoms in total. The summed E-state index contributed by atoms with van der Waals surface area (Å²) in [7, 11) is 0. The van der Waals surface area contributed by atoms with Gasteiger partial charge in [0.2, 0.25) is 0 Å². The molecule has 2 aliphatic rings. The third kappa shape index (κ3) is 1.85. The fraction of sp³-hybridized carbons (Fsp3) is 0.600. The zero-order valence-corrected chi connectivity index (χ0v) is 10.6. The first-order chi connectivity index (χ1) is 7.84. The van der Waals surface area contributed by atoms with Crippen LogP contribution < -0.4 is 10.2 Å². The van der Waals surface area contributed by atoms with Crippen molar-refractivity contribution >= 4 is 29.8 Å². The van der Waals surface area contributed by atoms with E-state index in [1.54, 1.807) is 0 Å². The standard InChI is InChI=1S/C10H14N4S2/c15-10-12-8-6-11-5-7(8)9(13-10)14-1-3-16-4-2-14/h11H,1-6H2,(H,12,13,15). The Kier molecular flexibility index (Phi) is 2.87. The van der Waals surface area contributed by atoms with Crippen molar-refractivity contribution in [2.24, 2.45) is 0 Å². The minimum atomic E-state index is 0.607. The first-order valence-electron chi connectivity index (χ1n) is 5.50. The van der Waals surface area contributed by atoms with Gasteiger partial charge in [-0.05, 0) is 12.2 Å². The van der Waals surface area contributed by atoms with Gasteiger partial charge in [-0.1, -0.05) is 0 Å².